The Labute approximate surface area is 130 Å². The van der Waals surface area contributed by atoms with Crippen LogP contribution < -0.4 is 0 Å². The van der Waals surface area contributed by atoms with E-state index >= 15 is 0 Å². The molecule has 1 aliphatic heterocycles. The molecular weight excluding hydrogens is 316 g/mol. The maximum absolute atomic E-state index is 12.4. The van der Waals surface area contributed by atoms with E-state index in [9.17, 15) is 4.79 Å². The highest BCUT2D eigenvalue weighted by Crippen LogP contribution is 2.20. The van der Waals surface area contributed by atoms with Gasteiger partial charge in [0.05, 0.1) is 0 Å². The van der Waals surface area contributed by atoms with Crippen LogP contribution in [-0.2, 0) is 0 Å². The second-order valence-corrected chi connectivity index (χ2v) is 6.75. The predicted octanol–water partition coefficient (Wildman–Crippen LogP) is 3.17. The molecule has 1 heterocycles. The van der Waals surface area contributed by atoms with Crippen LogP contribution in [0.1, 0.15) is 28.8 Å². The standard InChI is InChI=1S/C16H23BrN2O/c1-12-10-14(4-5-15(12)17)16(20)19(3)11-13-6-8-18(2)9-7-13/h4-5,10,13H,6-9,11H2,1-3H3. The molecular formula is C16H23BrN2O. The van der Waals surface area contributed by atoms with Crippen molar-refractivity contribution in [1.82, 2.24) is 9.80 Å². The summed E-state index contributed by atoms with van der Waals surface area (Å²) in [4.78, 5) is 16.7. The van der Waals surface area contributed by atoms with Crippen molar-refractivity contribution in [1.29, 1.82) is 0 Å². The molecule has 1 aromatic carbocycles. The molecule has 0 aliphatic carbocycles. The van der Waals surface area contributed by atoms with E-state index in [1.54, 1.807) is 0 Å². The van der Waals surface area contributed by atoms with Gasteiger partial charge < -0.3 is 9.80 Å². The fourth-order valence-electron chi connectivity index (χ4n) is 2.71. The number of aryl methyl sites for hydroxylation is 1. The van der Waals surface area contributed by atoms with Gasteiger partial charge in [-0.3, -0.25) is 4.79 Å². The molecule has 4 heteroatoms. The molecule has 3 nitrogen and oxygen atoms in total. The molecule has 1 fully saturated rings. The molecule has 2 rings (SSSR count). The highest BCUT2D eigenvalue weighted by atomic mass is 79.9. The Morgan fingerprint density at radius 1 is 1.40 bits per heavy atom. The highest BCUT2D eigenvalue weighted by molar-refractivity contribution is 9.10. The largest absolute Gasteiger partial charge is 0.341 e. The van der Waals surface area contributed by atoms with Crippen LogP contribution in [0.25, 0.3) is 0 Å². The van der Waals surface area contributed by atoms with Crippen LogP contribution in [0.2, 0.25) is 0 Å². The Morgan fingerprint density at radius 2 is 2.05 bits per heavy atom. The van der Waals surface area contributed by atoms with Crippen molar-refractivity contribution in [2.45, 2.75) is 19.8 Å². The van der Waals surface area contributed by atoms with Gasteiger partial charge in [-0.25, -0.2) is 0 Å². The van der Waals surface area contributed by atoms with Gasteiger partial charge in [-0.15, -0.1) is 0 Å². The van der Waals surface area contributed by atoms with Crippen molar-refractivity contribution >= 4 is 21.8 Å². The van der Waals surface area contributed by atoms with Gasteiger partial charge >= 0.3 is 0 Å². The predicted molar refractivity (Wildman–Crippen MR) is 86.1 cm³/mol. The first-order valence-electron chi connectivity index (χ1n) is 7.17. The molecule has 1 amide bonds. The summed E-state index contributed by atoms with van der Waals surface area (Å²) < 4.78 is 1.05. The van der Waals surface area contributed by atoms with Crippen LogP contribution in [0, 0.1) is 12.8 Å². The van der Waals surface area contributed by atoms with Crippen molar-refractivity contribution in [3.05, 3.63) is 33.8 Å². The van der Waals surface area contributed by atoms with Gasteiger partial charge in [0, 0.05) is 23.6 Å². The van der Waals surface area contributed by atoms with Crippen LogP contribution in [0.4, 0.5) is 0 Å². The first-order chi connectivity index (χ1) is 9.47. The third-order valence-electron chi connectivity index (χ3n) is 4.12. The number of hydrogen-bond donors (Lipinski definition) is 0. The number of likely N-dealkylation sites (tertiary alicyclic amines) is 1. The van der Waals surface area contributed by atoms with Crippen LogP contribution in [0.15, 0.2) is 22.7 Å². The van der Waals surface area contributed by atoms with E-state index in [4.69, 9.17) is 0 Å². The van der Waals surface area contributed by atoms with Crippen LogP contribution in [0.5, 0.6) is 0 Å². The third kappa shape index (κ3) is 3.83. The van der Waals surface area contributed by atoms with E-state index in [0.717, 1.165) is 35.2 Å². The molecule has 0 unspecified atom stereocenters. The van der Waals surface area contributed by atoms with Crippen molar-refractivity contribution in [3.8, 4) is 0 Å². The highest BCUT2D eigenvalue weighted by Gasteiger charge is 2.21. The summed E-state index contributed by atoms with van der Waals surface area (Å²) in [6, 6.07) is 5.80. The smallest absolute Gasteiger partial charge is 0.253 e. The molecule has 0 N–H and O–H groups in total. The zero-order valence-corrected chi connectivity index (χ0v) is 14.1. The van der Waals surface area contributed by atoms with Crippen molar-refractivity contribution in [2.75, 3.05) is 33.7 Å². The number of amides is 1. The molecule has 0 spiro atoms. The van der Waals surface area contributed by atoms with Crippen molar-refractivity contribution in [2.24, 2.45) is 5.92 Å². The van der Waals surface area contributed by atoms with Gasteiger partial charge in [0.15, 0.2) is 0 Å². The van der Waals surface area contributed by atoms with E-state index < -0.39 is 0 Å². The Morgan fingerprint density at radius 3 is 2.65 bits per heavy atom. The lowest BCUT2D eigenvalue weighted by Gasteiger charge is -2.31. The van der Waals surface area contributed by atoms with Gasteiger partial charge in [0.1, 0.15) is 0 Å². The average Bonchev–Trinajstić information content (AvgIpc) is 2.43. The lowest BCUT2D eigenvalue weighted by atomic mass is 9.96. The molecule has 1 aliphatic rings. The number of nitrogens with zero attached hydrogens (tertiary/aromatic N) is 2. The van der Waals surface area contributed by atoms with Crippen molar-refractivity contribution < 1.29 is 4.79 Å². The monoisotopic (exact) mass is 338 g/mol. The van der Waals surface area contributed by atoms with Crippen LogP contribution in [0.3, 0.4) is 0 Å². The van der Waals surface area contributed by atoms with Crippen LogP contribution >= 0.6 is 15.9 Å². The fourth-order valence-corrected chi connectivity index (χ4v) is 2.96. The van der Waals surface area contributed by atoms with Crippen LogP contribution in [-0.4, -0.2) is 49.4 Å². The topological polar surface area (TPSA) is 23.6 Å². The van der Waals surface area contributed by atoms with Crippen molar-refractivity contribution in [3.63, 3.8) is 0 Å². The number of benzene rings is 1. The zero-order chi connectivity index (χ0) is 14.7. The van der Waals surface area contributed by atoms with E-state index in [1.807, 2.05) is 37.1 Å². The van der Waals surface area contributed by atoms with E-state index in [2.05, 4.69) is 27.9 Å². The normalized spacial score (nSPS) is 17.2. The number of carbonyl (C=O) groups is 1. The Kier molecular flexibility index (Phi) is 5.22. The molecule has 0 atom stereocenters. The molecule has 0 bridgehead atoms. The summed E-state index contributed by atoms with van der Waals surface area (Å²) in [5.41, 5.74) is 1.88. The summed E-state index contributed by atoms with van der Waals surface area (Å²) in [6.45, 7) is 5.16. The minimum absolute atomic E-state index is 0.125. The second kappa shape index (κ2) is 6.72. The minimum Gasteiger partial charge on any atom is -0.341 e. The maximum atomic E-state index is 12.4. The van der Waals surface area contributed by atoms with Gasteiger partial charge in [0.25, 0.3) is 5.91 Å². The summed E-state index contributed by atoms with van der Waals surface area (Å²) in [5.74, 6) is 0.760. The molecule has 1 aromatic rings. The molecule has 1 saturated heterocycles. The molecule has 110 valence electrons. The molecule has 0 saturated carbocycles. The van der Waals surface area contributed by atoms with Gasteiger partial charge in [-0.1, -0.05) is 15.9 Å². The lowest BCUT2D eigenvalue weighted by Crippen LogP contribution is -2.38. The third-order valence-corrected chi connectivity index (χ3v) is 5.01. The molecule has 0 aromatic heterocycles. The minimum atomic E-state index is 0.125. The average molecular weight is 339 g/mol. The van der Waals surface area contributed by atoms with Gasteiger partial charge in [0.2, 0.25) is 0 Å². The lowest BCUT2D eigenvalue weighted by molar-refractivity contribution is 0.0747. The summed E-state index contributed by atoms with van der Waals surface area (Å²) in [6.07, 6.45) is 2.38. The van der Waals surface area contributed by atoms with E-state index in [-0.39, 0.29) is 5.91 Å². The molecule has 20 heavy (non-hydrogen) atoms. The first-order valence-corrected chi connectivity index (χ1v) is 7.97. The van der Waals surface area contributed by atoms with Gasteiger partial charge in [-0.2, -0.15) is 0 Å². The first kappa shape index (κ1) is 15.5. The number of rotatable bonds is 3. The number of carbonyl (C=O) groups excluding carboxylic acids is 1. The maximum Gasteiger partial charge on any atom is 0.253 e. The summed E-state index contributed by atoms with van der Waals surface area (Å²) >= 11 is 3.47. The number of halogens is 1. The number of piperidine rings is 1. The quantitative estimate of drug-likeness (QED) is 0.845. The Bertz CT molecular complexity index is 481. The van der Waals surface area contributed by atoms with E-state index in [0.29, 0.717) is 5.92 Å². The van der Waals surface area contributed by atoms with E-state index in [1.165, 1.54) is 12.8 Å². The fraction of sp³-hybridized carbons (Fsp3) is 0.562. The Hall–Kier alpha value is -0.870. The van der Waals surface area contributed by atoms with Gasteiger partial charge in [-0.05, 0) is 69.6 Å². The SMILES string of the molecule is Cc1cc(C(=O)N(C)CC2CCN(C)CC2)ccc1Br. The summed E-state index contributed by atoms with van der Waals surface area (Å²) in [5, 5.41) is 0. The second-order valence-electron chi connectivity index (χ2n) is 5.90. The summed E-state index contributed by atoms with van der Waals surface area (Å²) in [7, 11) is 4.08. The molecule has 0 radical (unpaired) electrons. The number of hydrogen-bond acceptors (Lipinski definition) is 2. The Balaban J connectivity index is 1.96. The zero-order valence-electron chi connectivity index (χ0n) is 12.5.